The molecule has 1 aromatic carbocycles. The summed E-state index contributed by atoms with van der Waals surface area (Å²) < 4.78 is 45.2. The van der Waals surface area contributed by atoms with Crippen LogP contribution < -0.4 is 4.31 Å². The molecule has 190 valence electrons. The van der Waals surface area contributed by atoms with E-state index in [4.69, 9.17) is 9.84 Å². The van der Waals surface area contributed by atoms with Gasteiger partial charge in [0.05, 0.1) is 37.2 Å². The summed E-state index contributed by atoms with van der Waals surface area (Å²) in [5, 5.41) is 29.1. The van der Waals surface area contributed by atoms with Crippen molar-refractivity contribution in [2.24, 2.45) is 0 Å². The average molecular weight is 509 g/mol. The second-order valence-corrected chi connectivity index (χ2v) is 10.7. The number of benzene rings is 1. The van der Waals surface area contributed by atoms with Crippen molar-refractivity contribution < 1.29 is 37.7 Å². The molecule has 3 rings (SSSR count). The van der Waals surface area contributed by atoms with Gasteiger partial charge in [-0.25, -0.2) is 22.1 Å². The van der Waals surface area contributed by atoms with Gasteiger partial charge < -0.3 is 20.1 Å². The van der Waals surface area contributed by atoms with Crippen molar-refractivity contribution >= 4 is 27.9 Å². The molecular formula is C24H29FN2O7S. The zero-order valence-electron chi connectivity index (χ0n) is 19.7. The van der Waals surface area contributed by atoms with Crippen LogP contribution in [0.15, 0.2) is 30.3 Å². The standard InChI is InChI=1S/C24H29FN2O7S/c1-14(2)23-19(9-8-17(28)10-18(29)11-21(30)31)22(15-4-6-16(25)7-5-15)20-12-34-13-27(24(20)26-23)35(3,32)33/h4-9,14,17-18,28-29H,10-13H2,1-3H3,(H,30,31)/t17-,18-/m1/s1. The lowest BCUT2D eigenvalue weighted by Gasteiger charge is -2.31. The fraction of sp³-hybridized carbons (Fsp3) is 0.417. The lowest BCUT2D eigenvalue weighted by molar-refractivity contribution is -0.139. The lowest BCUT2D eigenvalue weighted by atomic mass is 9.89. The summed E-state index contributed by atoms with van der Waals surface area (Å²) in [5.74, 6) is -1.53. The van der Waals surface area contributed by atoms with Gasteiger partial charge in [0.25, 0.3) is 0 Å². The SMILES string of the molecule is CC(C)c1nc2c(c(-c3ccc(F)cc3)c1C=C[C@@H](O)C[C@@H](O)CC(=O)O)COCN2S(C)(=O)=O. The molecule has 2 heterocycles. The van der Waals surface area contributed by atoms with Crippen LogP contribution in [0.3, 0.4) is 0 Å². The number of rotatable bonds is 9. The van der Waals surface area contributed by atoms with Crippen molar-refractivity contribution in [1.82, 2.24) is 4.98 Å². The highest BCUT2D eigenvalue weighted by Gasteiger charge is 2.31. The molecule has 0 aliphatic carbocycles. The van der Waals surface area contributed by atoms with Gasteiger partial charge >= 0.3 is 5.97 Å². The van der Waals surface area contributed by atoms with Crippen molar-refractivity contribution in [3.05, 3.63) is 53.0 Å². The van der Waals surface area contributed by atoms with Gasteiger partial charge in [0.1, 0.15) is 12.5 Å². The monoisotopic (exact) mass is 508 g/mol. The average Bonchev–Trinajstić information content (AvgIpc) is 2.75. The number of aromatic nitrogens is 1. The third-order valence-electron chi connectivity index (χ3n) is 5.52. The van der Waals surface area contributed by atoms with Crippen LogP contribution in [0.4, 0.5) is 10.2 Å². The quantitative estimate of drug-likeness (QED) is 0.470. The van der Waals surface area contributed by atoms with Crippen molar-refractivity contribution in [3.63, 3.8) is 0 Å². The number of halogens is 1. The molecule has 2 atom stereocenters. The number of carbonyl (C=O) groups is 1. The van der Waals surface area contributed by atoms with Crippen LogP contribution in [-0.4, -0.2) is 59.9 Å². The minimum Gasteiger partial charge on any atom is -0.481 e. The topological polar surface area (TPSA) is 137 Å². The maximum Gasteiger partial charge on any atom is 0.305 e. The summed E-state index contributed by atoms with van der Waals surface area (Å²) >= 11 is 0. The van der Waals surface area contributed by atoms with Gasteiger partial charge in [-0.05, 0) is 29.2 Å². The first-order valence-corrected chi connectivity index (χ1v) is 12.9. The Morgan fingerprint density at radius 3 is 2.49 bits per heavy atom. The van der Waals surface area contributed by atoms with Crippen LogP contribution in [-0.2, 0) is 26.2 Å². The molecule has 11 heteroatoms. The fourth-order valence-electron chi connectivity index (χ4n) is 3.94. The molecule has 1 aliphatic heterocycles. The molecule has 0 spiro atoms. The summed E-state index contributed by atoms with van der Waals surface area (Å²) in [7, 11) is -3.70. The maximum atomic E-state index is 13.7. The first kappa shape index (κ1) is 26.7. The van der Waals surface area contributed by atoms with Crippen LogP contribution in [0.1, 0.15) is 49.4 Å². The highest BCUT2D eigenvalue weighted by molar-refractivity contribution is 7.92. The van der Waals surface area contributed by atoms with Crippen molar-refractivity contribution in [1.29, 1.82) is 0 Å². The number of hydrogen-bond acceptors (Lipinski definition) is 7. The molecule has 1 aliphatic rings. The second-order valence-electron chi connectivity index (χ2n) is 8.75. The molecule has 9 nitrogen and oxygen atoms in total. The molecule has 1 aromatic heterocycles. The number of hydrogen-bond donors (Lipinski definition) is 3. The van der Waals surface area contributed by atoms with E-state index in [0.717, 1.165) is 10.6 Å². The van der Waals surface area contributed by atoms with Gasteiger partial charge in [-0.15, -0.1) is 0 Å². The van der Waals surface area contributed by atoms with Gasteiger partial charge in [0, 0.05) is 17.5 Å². The minimum absolute atomic E-state index is 0.0696. The summed E-state index contributed by atoms with van der Waals surface area (Å²) in [6, 6.07) is 5.72. The van der Waals surface area contributed by atoms with E-state index < -0.39 is 40.4 Å². The van der Waals surface area contributed by atoms with Crippen LogP contribution >= 0.6 is 0 Å². The highest BCUT2D eigenvalue weighted by atomic mass is 32.2. The van der Waals surface area contributed by atoms with Crippen LogP contribution in [0.2, 0.25) is 0 Å². The number of anilines is 1. The van der Waals surface area contributed by atoms with Gasteiger partial charge in [-0.3, -0.25) is 4.79 Å². The number of ether oxygens (including phenoxy) is 1. The Labute approximate surface area is 203 Å². The number of aliphatic hydroxyl groups excluding tert-OH is 2. The van der Waals surface area contributed by atoms with Crippen LogP contribution in [0, 0.1) is 5.82 Å². The molecule has 2 aromatic rings. The van der Waals surface area contributed by atoms with Gasteiger partial charge in [0.2, 0.25) is 10.0 Å². The number of nitrogens with zero attached hydrogens (tertiary/aromatic N) is 2. The number of aliphatic carboxylic acids is 1. The maximum absolute atomic E-state index is 13.7. The number of carboxylic acid groups (broad SMARTS) is 1. The fourth-order valence-corrected chi connectivity index (χ4v) is 4.67. The summed E-state index contributed by atoms with van der Waals surface area (Å²) in [6.07, 6.45) is 1.03. The van der Waals surface area contributed by atoms with E-state index in [1.54, 1.807) is 18.2 Å². The molecule has 3 N–H and O–H groups in total. The first-order chi connectivity index (χ1) is 16.4. The summed E-state index contributed by atoms with van der Waals surface area (Å²) in [5.41, 5.74) is 2.81. The Hall–Kier alpha value is -2.86. The molecule has 0 fully saturated rings. The third kappa shape index (κ3) is 6.43. The molecule has 0 bridgehead atoms. The summed E-state index contributed by atoms with van der Waals surface area (Å²) in [6.45, 7) is 3.66. The van der Waals surface area contributed by atoms with E-state index in [1.165, 1.54) is 18.2 Å². The van der Waals surface area contributed by atoms with E-state index >= 15 is 0 Å². The van der Waals surface area contributed by atoms with Crippen molar-refractivity contribution in [2.45, 2.75) is 51.4 Å². The van der Waals surface area contributed by atoms with E-state index in [1.807, 2.05) is 13.8 Å². The van der Waals surface area contributed by atoms with Gasteiger partial charge in [-0.1, -0.05) is 38.1 Å². The van der Waals surface area contributed by atoms with E-state index in [9.17, 15) is 27.8 Å². The summed E-state index contributed by atoms with van der Waals surface area (Å²) in [4.78, 5) is 15.5. The number of carboxylic acids is 1. The molecule has 0 saturated carbocycles. The highest BCUT2D eigenvalue weighted by Crippen LogP contribution is 2.41. The van der Waals surface area contributed by atoms with Crippen LogP contribution in [0.5, 0.6) is 0 Å². The molecule has 35 heavy (non-hydrogen) atoms. The largest absolute Gasteiger partial charge is 0.481 e. The molecule has 0 saturated heterocycles. The Morgan fingerprint density at radius 1 is 1.26 bits per heavy atom. The smallest absolute Gasteiger partial charge is 0.305 e. The van der Waals surface area contributed by atoms with Gasteiger partial charge in [0.15, 0.2) is 5.82 Å². The Bertz CT molecular complexity index is 1210. The first-order valence-electron chi connectivity index (χ1n) is 11.0. The van der Waals surface area contributed by atoms with E-state index in [0.29, 0.717) is 27.9 Å². The Morgan fingerprint density at radius 2 is 1.91 bits per heavy atom. The molecule has 0 radical (unpaired) electrons. The lowest BCUT2D eigenvalue weighted by Crippen LogP contribution is -2.37. The normalized spacial score (nSPS) is 15.9. The van der Waals surface area contributed by atoms with Gasteiger partial charge in [-0.2, -0.15) is 0 Å². The number of aliphatic hydroxyl groups is 2. The number of sulfonamides is 1. The molecule has 0 amide bonds. The zero-order chi connectivity index (χ0) is 25.9. The predicted molar refractivity (Wildman–Crippen MR) is 129 cm³/mol. The van der Waals surface area contributed by atoms with E-state index in [2.05, 4.69) is 4.98 Å². The number of pyridine rings is 1. The second kappa shape index (κ2) is 10.8. The van der Waals surface area contributed by atoms with Crippen molar-refractivity contribution in [2.75, 3.05) is 17.3 Å². The molecule has 0 unspecified atom stereocenters. The Kier molecular flexibility index (Phi) is 8.26. The zero-order valence-corrected chi connectivity index (χ0v) is 20.5. The van der Waals surface area contributed by atoms with Crippen molar-refractivity contribution in [3.8, 4) is 11.1 Å². The van der Waals surface area contributed by atoms with Crippen LogP contribution in [0.25, 0.3) is 17.2 Å². The predicted octanol–water partition coefficient (Wildman–Crippen LogP) is 2.86. The minimum atomic E-state index is -3.70. The Balaban J connectivity index is 2.20. The van der Waals surface area contributed by atoms with E-state index in [-0.39, 0.29) is 31.5 Å². The third-order valence-corrected chi connectivity index (χ3v) is 6.60. The molecular weight excluding hydrogens is 479 g/mol. The number of fused-ring (bicyclic) bond motifs is 1.